The Hall–Kier alpha value is -1.03. The minimum atomic E-state index is -1.66. The molecule has 0 radical (unpaired) electrons. The van der Waals surface area contributed by atoms with Crippen LogP contribution in [0.15, 0.2) is 12.2 Å². The molecule has 8 nitrogen and oxygen atoms in total. The fourth-order valence-electron chi connectivity index (χ4n) is 3.54. The minimum absolute atomic E-state index is 0.00438. The van der Waals surface area contributed by atoms with E-state index in [2.05, 4.69) is 0 Å². The summed E-state index contributed by atoms with van der Waals surface area (Å²) in [5, 5.41) is 20.3. The number of rotatable bonds is 3. The van der Waals surface area contributed by atoms with Gasteiger partial charge in [0.2, 0.25) is 5.79 Å². The van der Waals surface area contributed by atoms with Gasteiger partial charge in [-0.05, 0) is 27.7 Å². The molecule has 24 heavy (non-hydrogen) atoms. The minimum Gasteiger partial charge on any atom is -0.478 e. The lowest BCUT2D eigenvalue weighted by Gasteiger charge is -2.50. The average molecular weight is 344 g/mol. The molecule has 0 aliphatic carbocycles. The van der Waals surface area contributed by atoms with Gasteiger partial charge in [0.05, 0.1) is 6.61 Å². The van der Waals surface area contributed by atoms with Gasteiger partial charge >= 0.3 is 5.97 Å². The number of hydrogen-bond acceptors (Lipinski definition) is 7. The summed E-state index contributed by atoms with van der Waals surface area (Å²) in [4.78, 5) is 10.8. The number of aliphatic carboxylic acids is 1. The number of ether oxygens (including phenoxy) is 5. The number of carboxylic acid groups (broad SMARTS) is 1. The van der Waals surface area contributed by atoms with Gasteiger partial charge in [0.15, 0.2) is 17.2 Å². The molecular formula is C16H24O8. The summed E-state index contributed by atoms with van der Waals surface area (Å²) in [7, 11) is 0. The van der Waals surface area contributed by atoms with E-state index in [-0.39, 0.29) is 19.6 Å². The van der Waals surface area contributed by atoms with Crippen LogP contribution in [0, 0.1) is 0 Å². The van der Waals surface area contributed by atoms with Crippen molar-refractivity contribution in [3.05, 3.63) is 12.2 Å². The molecule has 3 fully saturated rings. The van der Waals surface area contributed by atoms with E-state index in [1.165, 1.54) is 6.08 Å². The first-order chi connectivity index (χ1) is 11.0. The molecule has 0 aromatic rings. The monoisotopic (exact) mass is 344 g/mol. The molecule has 3 rings (SSSR count). The average Bonchev–Trinajstić information content (AvgIpc) is 2.92. The summed E-state index contributed by atoms with van der Waals surface area (Å²) >= 11 is 0. The van der Waals surface area contributed by atoms with Crippen molar-refractivity contribution >= 4 is 5.97 Å². The molecule has 2 N–H and O–H groups in total. The largest absolute Gasteiger partial charge is 0.478 e. The van der Waals surface area contributed by atoms with Crippen molar-refractivity contribution in [2.24, 2.45) is 0 Å². The highest BCUT2D eigenvalue weighted by Crippen LogP contribution is 2.50. The second kappa shape index (κ2) is 5.48. The summed E-state index contributed by atoms with van der Waals surface area (Å²) in [5.74, 6) is -4.38. The van der Waals surface area contributed by atoms with Crippen LogP contribution < -0.4 is 0 Å². The quantitative estimate of drug-likeness (QED) is 0.724. The molecule has 3 heterocycles. The van der Waals surface area contributed by atoms with E-state index in [1.807, 2.05) is 0 Å². The zero-order chi connectivity index (χ0) is 17.8. The highest BCUT2D eigenvalue weighted by molar-refractivity contribution is 5.79. The van der Waals surface area contributed by atoms with Gasteiger partial charge in [0.25, 0.3) is 0 Å². The summed E-state index contributed by atoms with van der Waals surface area (Å²) < 4.78 is 29.1. The Morgan fingerprint density at radius 3 is 2.46 bits per heavy atom. The van der Waals surface area contributed by atoms with Gasteiger partial charge < -0.3 is 33.9 Å². The number of carboxylic acids is 1. The lowest BCUT2D eigenvalue weighted by Crippen LogP contribution is -2.70. The Balaban J connectivity index is 1.96. The molecule has 0 aromatic carbocycles. The topological polar surface area (TPSA) is 104 Å². The van der Waals surface area contributed by atoms with Crippen molar-refractivity contribution in [3.63, 3.8) is 0 Å². The maximum absolute atomic E-state index is 11.5. The second-order valence-electron chi connectivity index (χ2n) is 7.32. The van der Waals surface area contributed by atoms with Gasteiger partial charge in [-0.15, -0.1) is 0 Å². The highest BCUT2D eigenvalue weighted by atomic mass is 16.9. The fourth-order valence-corrected chi connectivity index (χ4v) is 3.54. The first kappa shape index (κ1) is 17.8. The van der Waals surface area contributed by atoms with Gasteiger partial charge in [-0.1, -0.05) is 6.08 Å². The molecule has 0 amide bonds. The number of fused-ring (bicyclic) bond motifs is 1. The van der Waals surface area contributed by atoms with E-state index in [0.717, 1.165) is 6.08 Å². The van der Waals surface area contributed by atoms with E-state index in [9.17, 15) is 9.90 Å². The second-order valence-corrected chi connectivity index (χ2v) is 7.32. The van der Waals surface area contributed by atoms with Crippen LogP contribution in [0.1, 0.15) is 34.1 Å². The Labute approximate surface area is 140 Å². The van der Waals surface area contributed by atoms with Crippen molar-refractivity contribution < 1.29 is 38.7 Å². The molecule has 3 saturated heterocycles. The third-order valence-electron chi connectivity index (χ3n) is 4.50. The molecule has 136 valence electrons. The van der Waals surface area contributed by atoms with Gasteiger partial charge in [-0.25, -0.2) is 4.79 Å². The van der Waals surface area contributed by atoms with Crippen molar-refractivity contribution in [2.75, 3.05) is 13.2 Å². The molecular weight excluding hydrogens is 320 g/mol. The van der Waals surface area contributed by atoms with Crippen LogP contribution in [-0.4, -0.2) is 64.6 Å². The van der Waals surface area contributed by atoms with Crippen LogP contribution in [-0.2, 0) is 28.5 Å². The van der Waals surface area contributed by atoms with Gasteiger partial charge in [-0.2, -0.15) is 0 Å². The summed E-state index contributed by atoms with van der Waals surface area (Å²) in [6.45, 7) is 7.13. The normalized spacial score (nSPS) is 43.4. The van der Waals surface area contributed by atoms with Gasteiger partial charge in [-0.3, -0.25) is 0 Å². The number of aliphatic hydroxyl groups is 1. The predicted octanol–water partition coefficient (Wildman–Crippen LogP) is 0.778. The van der Waals surface area contributed by atoms with E-state index in [4.69, 9.17) is 28.8 Å². The lowest BCUT2D eigenvalue weighted by atomic mass is 9.79. The SMILES string of the molecule is CC1(C)O[C@@H]2[C@@H](CO[C@]3(COC(C)(C)O3)[C@@]2(O)C/C=C/C(=O)O)O1. The smallest absolute Gasteiger partial charge is 0.327 e. The fraction of sp³-hybridized carbons (Fsp3) is 0.812. The van der Waals surface area contributed by atoms with Crippen molar-refractivity contribution in [3.8, 4) is 0 Å². The zero-order valence-corrected chi connectivity index (χ0v) is 14.3. The highest BCUT2D eigenvalue weighted by Gasteiger charge is 2.70. The van der Waals surface area contributed by atoms with Crippen LogP contribution in [0.4, 0.5) is 0 Å². The molecule has 4 atom stereocenters. The molecule has 0 aromatic heterocycles. The maximum Gasteiger partial charge on any atom is 0.327 e. The Bertz CT molecular complexity index is 554. The Morgan fingerprint density at radius 1 is 1.17 bits per heavy atom. The summed E-state index contributed by atoms with van der Waals surface area (Å²) in [6.07, 6.45) is 1.06. The first-order valence-corrected chi connectivity index (χ1v) is 7.94. The van der Waals surface area contributed by atoms with Crippen LogP contribution in [0.5, 0.6) is 0 Å². The van der Waals surface area contributed by atoms with E-state index in [0.29, 0.717) is 0 Å². The third-order valence-corrected chi connectivity index (χ3v) is 4.50. The third kappa shape index (κ3) is 2.87. The van der Waals surface area contributed by atoms with Crippen molar-refractivity contribution in [2.45, 2.75) is 69.3 Å². The Kier molecular flexibility index (Phi) is 4.06. The van der Waals surface area contributed by atoms with Crippen LogP contribution in [0.25, 0.3) is 0 Å². The van der Waals surface area contributed by atoms with E-state index in [1.54, 1.807) is 27.7 Å². The molecule has 3 aliphatic heterocycles. The summed E-state index contributed by atoms with van der Waals surface area (Å²) in [6, 6.07) is 0. The van der Waals surface area contributed by atoms with Gasteiger partial charge in [0.1, 0.15) is 18.8 Å². The molecule has 0 saturated carbocycles. The zero-order valence-electron chi connectivity index (χ0n) is 14.3. The molecule has 1 spiro atoms. The summed E-state index contributed by atoms with van der Waals surface area (Å²) in [5.41, 5.74) is -1.66. The number of hydrogen-bond donors (Lipinski definition) is 2. The van der Waals surface area contributed by atoms with E-state index >= 15 is 0 Å². The van der Waals surface area contributed by atoms with Crippen LogP contribution in [0.3, 0.4) is 0 Å². The van der Waals surface area contributed by atoms with Crippen molar-refractivity contribution in [1.29, 1.82) is 0 Å². The standard InChI is InChI=1S/C16H24O8/c1-13(2)21-9-16(24-13)15(19,7-5-6-11(17)18)12-10(8-20-16)22-14(3,4)23-12/h5-6,10,12,19H,7-9H2,1-4H3,(H,17,18)/b6-5+/t10-,12-,15-,16+/m1/s1. The van der Waals surface area contributed by atoms with Crippen LogP contribution >= 0.6 is 0 Å². The maximum atomic E-state index is 11.5. The lowest BCUT2D eigenvalue weighted by molar-refractivity contribution is -0.365. The van der Waals surface area contributed by atoms with E-state index < -0.39 is 41.1 Å². The molecule has 0 unspecified atom stereocenters. The Morgan fingerprint density at radius 2 is 1.88 bits per heavy atom. The first-order valence-electron chi connectivity index (χ1n) is 7.94. The van der Waals surface area contributed by atoms with Crippen LogP contribution in [0.2, 0.25) is 0 Å². The molecule has 8 heteroatoms. The van der Waals surface area contributed by atoms with Crippen molar-refractivity contribution in [1.82, 2.24) is 0 Å². The predicted molar refractivity (Wildman–Crippen MR) is 80.0 cm³/mol. The molecule has 0 bridgehead atoms. The van der Waals surface area contributed by atoms with Gasteiger partial charge in [0, 0.05) is 12.5 Å². The molecule has 3 aliphatic rings. The number of carbonyl (C=O) groups is 1.